The lowest BCUT2D eigenvalue weighted by Gasteiger charge is -2.04. The molecule has 0 saturated heterocycles. The average Bonchev–Trinajstić information content (AvgIpc) is 2.64. The molecule has 0 saturated carbocycles. The van der Waals surface area contributed by atoms with Crippen LogP contribution in [0.5, 0.6) is 10.9 Å². The summed E-state index contributed by atoms with van der Waals surface area (Å²) in [6, 6.07) is 6.49. The fourth-order valence-electron chi connectivity index (χ4n) is 1.21. The number of carbonyl (C=O) groups is 1. The largest absolute Gasteiger partial charge is 0.478 e. The number of rotatable bonds is 3. The number of nitrogens with zero attached hydrogens (tertiary/aromatic N) is 1. The molecule has 82 valence electrons. The molecular weight excluding hydrogens is 226 g/mol. The van der Waals surface area contributed by atoms with Crippen molar-refractivity contribution in [2.75, 3.05) is 0 Å². The number of carboxylic acids is 1. The molecule has 0 aliphatic rings. The Bertz CT molecular complexity index is 521. The second-order valence-electron chi connectivity index (χ2n) is 3.16. The fourth-order valence-corrected chi connectivity index (χ4v) is 1.86. The van der Waals surface area contributed by atoms with Crippen molar-refractivity contribution in [1.82, 2.24) is 4.98 Å². The van der Waals surface area contributed by atoms with E-state index in [4.69, 9.17) is 9.84 Å². The van der Waals surface area contributed by atoms with Crippen LogP contribution in [-0.4, -0.2) is 16.1 Å². The van der Waals surface area contributed by atoms with E-state index >= 15 is 0 Å². The van der Waals surface area contributed by atoms with E-state index in [1.54, 1.807) is 18.2 Å². The van der Waals surface area contributed by atoms with Crippen molar-refractivity contribution in [2.24, 2.45) is 0 Å². The van der Waals surface area contributed by atoms with Gasteiger partial charge in [-0.15, -0.1) is 0 Å². The van der Waals surface area contributed by atoms with Gasteiger partial charge in [-0.1, -0.05) is 23.5 Å². The van der Waals surface area contributed by atoms with Crippen LogP contribution in [0.1, 0.15) is 16.1 Å². The molecule has 0 spiro atoms. The zero-order valence-corrected chi connectivity index (χ0v) is 9.32. The molecule has 2 rings (SSSR count). The molecule has 1 heterocycles. The van der Waals surface area contributed by atoms with E-state index in [-0.39, 0.29) is 5.56 Å². The number of hydrogen-bond acceptors (Lipinski definition) is 4. The Labute approximate surface area is 96.1 Å². The summed E-state index contributed by atoms with van der Waals surface area (Å²) < 4.78 is 5.42. The quantitative estimate of drug-likeness (QED) is 0.888. The van der Waals surface area contributed by atoms with Gasteiger partial charge in [-0.3, -0.25) is 0 Å². The fraction of sp³-hybridized carbons (Fsp3) is 0.0909. The van der Waals surface area contributed by atoms with Gasteiger partial charge >= 0.3 is 5.97 Å². The van der Waals surface area contributed by atoms with Gasteiger partial charge in [0.05, 0.1) is 5.69 Å². The molecule has 0 aliphatic heterocycles. The van der Waals surface area contributed by atoms with Crippen molar-refractivity contribution in [3.63, 3.8) is 0 Å². The minimum Gasteiger partial charge on any atom is -0.478 e. The first kappa shape index (κ1) is 10.6. The van der Waals surface area contributed by atoms with Gasteiger partial charge in [-0.05, 0) is 19.1 Å². The number of hydrogen-bond donors (Lipinski definition) is 1. The molecule has 2 aromatic rings. The van der Waals surface area contributed by atoms with Crippen molar-refractivity contribution in [2.45, 2.75) is 6.92 Å². The number of aromatic nitrogens is 1. The predicted octanol–water partition coefficient (Wildman–Crippen LogP) is 2.94. The molecule has 1 N–H and O–H groups in total. The highest BCUT2D eigenvalue weighted by atomic mass is 32.1. The Kier molecular flexibility index (Phi) is 2.87. The third kappa shape index (κ3) is 2.20. The molecule has 5 heteroatoms. The SMILES string of the molecule is Cc1csc(Oc2ccccc2C(=O)O)n1. The van der Waals surface area contributed by atoms with E-state index in [9.17, 15) is 4.79 Å². The number of aryl methyl sites for hydroxylation is 1. The lowest BCUT2D eigenvalue weighted by atomic mass is 10.2. The number of aromatic carboxylic acids is 1. The molecular formula is C11H9NO3S. The van der Waals surface area contributed by atoms with Gasteiger partial charge in [-0.2, -0.15) is 0 Å². The Hall–Kier alpha value is -1.88. The summed E-state index contributed by atoms with van der Waals surface area (Å²) in [5.41, 5.74) is 0.989. The van der Waals surface area contributed by atoms with E-state index in [2.05, 4.69) is 4.98 Å². The number of ether oxygens (including phenoxy) is 1. The molecule has 0 aliphatic carbocycles. The minimum absolute atomic E-state index is 0.135. The average molecular weight is 235 g/mol. The lowest BCUT2D eigenvalue weighted by molar-refractivity contribution is 0.0694. The summed E-state index contributed by atoms with van der Waals surface area (Å²) in [7, 11) is 0. The van der Waals surface area contributed by atoms with Crippen LogP contribution in [0.3, 0.4) is 0 Å². The van der Waals surface area contributed by atoms with Crippen molar-refractivity contribution >= 4 is 17.3 Å². The summed E-state index contributed by atoms with van der Waals surface area (Å²) in [6.45, 7) is 1.85. The third-order valence-electron chi connectivity index (χ3n) is 1.91. The monoisotopic (exact) mass is 235 g/mol. The van der Waals surface area contributed by atoms with Crippen molar-refractivity contribution in [1.29, 1.82) is 0 Å². The third-order valence-corrected chi connectivity index (χ3v) is 2.75. The molecule has 0 radical (unpaired) electrons. The van der Waals surface area contributed by atoms with Crippen molar-refractivity contribution in [3.05, 3.63) is 40.9 Å². The van der Waals surface area contributed by atoms with Crippen LogP contribution in [0, 0.1) is 6.92 Å². The van der Waals surface area contributed by atoms with Crippen molar-refractivity contribution < 1.29 is 14.6 Å². The first-order chi connectivity index (χ1) is 7.66. The van der Waals surface area contributed by atoms with Gasteiger partial charge in [0, 0.05) is 5.38 Å². The summed E-state index contributed by atoms with van der Waals surface area (Å²) in [5.74, 6) is -0.701. The predicted molar refractivity (Wildman–Crippen MR) is 60.3 cm³/mol. The molecule has 1 aromatic heterocycles. The molecule has 0 fully saturated rings. The second-order valence-corrected chi connectivity index (χ2v) is 3.98. The second kappa shape index (κ2) is 4.32. The van der Waals surface area contributed by atoms with E-state index in [1.807, 2.05) is 12.3 Å². The van der Waals surface area contributed by atoms with Gasteiger partial charge in [0.15, 0.2) is 0 Å². The molecule has 0 bridgehead atoms. The highest BCUT2D eigenvalue weighted by molar-refractivity contribution is 7.11. The normalized spacial score (nSPS) is 10.1. The lowest BCUT2D eigenvalue weighted by Crippen LogP contribution is -1.99. The first-order valence-electron chi connectivity index (χ1n) is 4.59. The van der Waals surface area contributed by atoms with E-state index < -0.39 is 5.97 Å². The number of carboxylic acid groups (broad SMARTS) is 1. The topological polar surface area (TPSA) is 59.4 Å². The standard InChI is InChI=1S/C11H9NO3S/c1-7-6-16-11(12-7)15-9-5-3-2-4-8(9)10(13)14/h2-6H,1H3,(H,13,14). The van der Waals surface area contributed by atoms with Gasteiger partial charge < -0.3 is 9.84 Å². The highest BCUT2D eigenvalue weighted by Crippen LogP contribution is 2.27. The summed E-state index contributed by atoms with van der Waals surface area (Å²) in [6.07, 6.45) is 0. The molecule has 0 amide bonds. The molecule has 0 unspecified atom stereocenters. The summed E-state index contributed by atoms with van der Waals surface area (Å²) in [5, 5.41) is 11.2. The molecule has 1 aromatic carbocycles. The number of benzene rings is 1. The molecule has 4 nitrogen and oxygen atoms in total. The Morgan fingerprint density at radius 3 is 2.81 bits per heavy atom. The Balaban J connectivity index is 2.31. The first-order valence-corrected chi connectivity index (χ1v) is 5.47. The van der Waals surface area contributed by atoms with E-state index in [0.29, 0.717) is 10.9 Å². The van der Waals surface area contributed by atoms with Crippen LogP contribution in [-0.2, 0) is 0 Å². The van der Waals surface area contributed by atoms with Crippen LogP contribution in [0.25, 0.3) is 0 Å². The summed E-state index contributed by atoms with van der Waals surface area (Å²) >= 11 is 1.34. The van der Waals surface area contributed by atoms with Crippen LogP contribution < -0.4 is 4.74 Å². The number of para-hydroxylation sites is 1. The zero-order chi connectivity index (χ0) is 11.5. The van der Waals surface area contributed by atoms with Gasteiger partial charge in [0.2, 0.25) is 0 Å². The smallest absolute Gasteiger partial charge is 0.339 e. The maximum Gasteiger partial charge on any atom is 0.339 e. The van der Waals surface area contributed by atoms with Gasteiger partial charge in [-0.25, -0.2) is 9.78 Å². The highest BCUT2D eigenvalue weighted by Gasteiger charge is 2.12. The van der Waals surface area contributed by atoms with E-state index in [0.717, 1.165) is 5.69 Å². The molecule has 16 heavy (non-hydrogen) atoms. The van der Waals surface area contributed by atoms with Gasteiger partial charge in [0.25, 0.3) is 5.19 Å². The van der Waals surface area contributed by atoms with Crippen molar-refractivity contribution in [3.8, 4) is 10.9 Å². The van der Waals surface area contributed by atoms with Crippen LogP contribution >= 0.6 is 11.3 Å². The Morgan fingerprint density at radius 2 is 2.19 bits per heavy atom. The van der Waals surface area contributed by atoms with E-state index in [1.165, 1.54) is 17.4 Å². The van der Waals surface area contributed by atoms with Gasteiger partial charge in [0.1, 0.15) is 11.3 Å². The molecule has 0 atom stereocenters. The van der Waals surface area contributed by atoms with Crippen LogP contribution in [0.4, 0.5) is 0 Å². The maximum absolute atomic E-state index is 10.9. The van der Waals surface area contributed by atoms with Crippen LogP contribution in [0.15, 0.2) is 29.6 Å². The zero-order valence-electron chi connectivity index (χ0n) is 8.51. The Morgan fingerprint density at radius 1 is 1.44 bits per heavy atom. The minimum atomic E-state index is -1.01. The summed E-state index contributed by atoms with van der Waals surface area (Å²) in [4.78, 5) is 15.0. The maximum atomic E-state index is 10.9. The van der Waals surface area contributed by atoms with Crippen LogP contribution in [0.2, 0.25) is 0 Å². The number of thiazole rings is 1.